The highest BCUT2D eigenvalue weighted by atomic mass is 35.5. The van der Waals surface area contributed by atoms with Crippen molar-refractivity contribution in [1.29, 1.82) is 0 Å². The number of fused-ring (bicyclic) bond motifs is 1. The summed E-state index contributed by atoms with van der Waals surface area (Å²) in [5.74, 6) is 1.71. The molecule has 0 spiro atoms. The van der Waals surface area contributed by atoms with E-state index in [0.29, 0.717) is 11.9 Å². The number of thioether (sulfide) groups is 1. The number of aryl methyl sites for hydroxylation is 2. The van der Waals surface area contributed by atoms with Gasteiger partial charge in [-0.1, -0.05) is 0 Å². The lowest BCUT2D eigenvalue weighted by Gasteiger charge is -2.16. The van der Waals surface area contributed by atoms with Gasteiger partial charge in [0.05, 0.1) is 0 Å². The molecule has 0 amide bonds. The summed E-state index contributed by atoms with van der Waals surface area (Å²) in [7, 11) is 0. The van der Waals surface area contributed by atoms with Gasteiger partial charge in [0.2, 0.25) is 0 Å². The molecule has 0 N–H and O–H groups in total. The van der Waals surface area contributed by atoms with Gasteiger partial charge in [-0.3, -0.25) is 0 Å². The van der Waals surface area contributed by atoms with Crippen molar-refractivity contribution < 1.29 is 0 Å². The van der Waals surface area contributed by atoms with Gasteiger partial charge < -0.3 is 4.57 Å². The van der Waals surface area contributed by atoms with Gasteiger partial charge in [-0.15, -0.1) is 11.6 Å². The molecule has 108 valence electrons. The van der Waals surface area contributed by atoms with E-state index in [1.807, 2.05) is 24.8 Å². The van der Waals surface area contributed by atoms with Crippen molar-refractivity contribution in [3.8, 4) is 0 Å². The van der Waals surface area contributed by atoms with Crippen LogP contribution >= 0.6 is 23.4 Å². The largest absolute Gasteiger partial charge is 0.310 e. The van der Waals surface area contributed by atoms with E-state index in [-0.39, 0.29) is 0 Å². The maximum absolute atomic E-state index is 5.95. The summed E-state index contributed by atoms with van der Waals surface area (Å²) in [4.78, 5) is 9.47. The van der Waals surface area contributed by atoms with E-state index in [9.17, 15) is 0 Å². The van der Waals surface area contributed by atoms with Gasteiger partial charge in [-0.25, -0.2) is 9.97 Å². The van der Waals surface area contributed by atoms with Crippen LogP contribution in [0.15, 0.2) is 12.1 Å². The number of alkyl halides is 1. The molecule has 2 aromatic heterocycles. The number of hydrogen-bond donors (Lipinski definition) is 0. The summed E-state index contributed by atoms with van der Waals surface area (Å²) in [6, 6.07) is 4.64. The predicted octanol–water partition coefficient (Wildman–Crippen LogP) is 3.98. The molecule has 1 saturated carbocycles. The summed E-state index contributed by atoms with van der Waals surface area (Å²) in [6.07, 6.45) is 6.76. The molecule has 0 saturated heterocycles. The SMILES string of the molecule is CSC1CCC(n2c(CCCl)nc3ccc(C)nc32)C1. The van der Waals surface area contributed by atoms with Gasteiger partial charge in [-0.05, 0) is 44.6 Å². The maximum Gasteiger partial charge on any atom is 0.160 e. The first-order chi connectivity index (χ1) is 9.72. The molecule has 2 atom stereocenters. The van der Waals surface area contributed by atoms with E-state index >= 15 is 0 Å². The number of imidazole rings is 1. The highest BCUT2D eigenvalue weighted by molar-refractivity contribution is 7.99. The Morgan fingerprint density at radius 1 is 1.35 bits per heavy atom. The first-order valence-corrected chi connectivity index (χ1v) is 8.98. The minimum Gasteiger partial charge on any atom is -0.310 e. The number of hydrogen-bond acceptors (Lipinski definition) is 3. The zero-order valence-corrected chi connectivity index (χ0v) is 13.5. The van der Waals surface area contributed by atoms with Gasteiger partial charge in [-0.2, -0.15) is 11.8 Å². The van der Waals surface area contributed by atoms with Crippen molar-refractivity contribution in [3.63, 3.8) is 0 Å². The highest BCUT2D eigenvalue weighted by Gasteiger charge is 2.28. The Hall–Kier alpha value is -0.740. The fourth-order valence-corrected chi connectivity index (χ4v) is 4.08. The molecule has 2 unspecified atom stereocenters. The molecule has 0 radical (unpaired) electrons. The average Bonchev–Trinajstić information content (AvgIpc) is 3.02. The maximum atomic E-state index is 5.95. The second kappa shape index (κ2) is 5.94. The van der Waals surface area contributed by atoms with Gasteiger partial charge in [0.25, 0.3) is 0 Å². The van der Waals surface area contributed by atoms with Crippen LogP contribution in [0.5, 0.6) is 0 Å². The molecular formula is C15H20ClN3S. The summed E-state index contributed by atoms with van der Waals surface area (Å²) in [5.41, 5.74) is 3.09. The third kappa shape index (κ3) is 2.56. The number of rotatable bonds is 4. The lowest BCUT2D eigenvalue weighted by molar-refractivity contribution is 0.511. The van der Waals surface area contributed by atoms with E-state index in [1.54, 1.807) is 0 Å². The minimum absolute atomic E-state index is 0.532. The van der Waals surface area contributed by atoms with Crippen molar-refractivity contribution in [2.24, 2.45) is 0 Å². The first kappa shape index (κ1) is 14.2. The van der Waals surface area contributed by atoms with Crippen LogP contribution in [0.25, 0.3) is 11.2 Å². The zero-order chi connectivity index (χ0) is 14.1. The van der Waals surface area contributed by atoms with E-state index < -0.39 is 0 Å². The first-order valence-electron chi connectivity index (χ1n) is 7.16. The van der Waals surface area contributed by atoms with E-state index in [2.05, 4.69) is 16.9 Å². The number of pyridine rings is 1. The van der Waals surface area contributed by atoms with Crippen LogP contribution in [0.4, 0.5) is 0 Å². The van der Waals surface area contributed by atoms with Crippen molar-refractivity contribution in [1.82, 2.24) is 14.5 Å². The Morgan fingerprint density at radius 3 is 2.90 bits per heavy atom. The minimum atomic E-state index is 0.532. The zero-order valence-electron chi connectivity index (χ0n) is 12.0. The van der Waals surface area contributed by atoms with Crippen LogP contribution in [-0.4, -0.2) is 31.9 Å². The fraction of sp³-hybridized carbons (Fsp3) is 0.600. The Labute approximate surface area is 129 Å². The number of halogens is 1. The summed E-state index contributed by atoms with van der Waals surface area (Å²) in [6.45, 7) is 2.04. The lowest BCUT2D eigenvalue weighted by atomic mass is 10.2. The van der Waals surface area contributed by atoms with Crippen molar-refractivity contribution >= 4 is 34.5 Å². The van der Waals surface area contributed by atoms with E-state index in [0.717, 1.165) is 34.4 Å². The molecule has 1 fully saturated rings. The molecule has 1 aliphatic carbocycles. The molecule has 2 heterocycles. The van der Waals surface area contributed by atoms with Crippen LogP contribution in [0.3, 0.4) is 0 Å². The van der Waals surface area contributed by atoms with Crippen LogP contribution in [0.1, 0.15) is 36.8 Å². The summed E-state index contributed by atoms with van der Waals surface area (Å²) >= 11 is 7.93. The Morgan fingerprint density at radius 2 is 2.20 bits per heavy atom. The van der Waals surface area contributed by atoms with Crippen LogP contribution in [0, 0.1) is 6.92 Å². The number of nitrogens with zero attached hydrogens (tertiary/aromatic N) is 3. The van der Waals surface area contributed by atoms with Crippen LogP contribution in [-0.2, 0) is 6.42 Å². The molecule has 1 aliphatic rings. The Kier molecular flexibility index (Phi) is 4.22. The summed E-state index contributed by atoms with van der Waals surface area (Å²) in [5, 5.41) is 0.770. The van der Waals surface area contributed by atoms with Crippen molar-refractivity contribution in [3.05, 3.63) is 23.7 Å². The van der Waals surface area contributed by atoms with Gasteiger partial charge >= 0.3 is 0 Å². The second-order valence-electron chi connectivity index (χ2n) is 5.46. The molecule has 3 rings (SSSR count). The van der Waals surface area contributed by atoms with Crippen LogP contribution in [0.2, 0.25) is 0 Å². The van der Waals surface area contributed by atoms with Gasteiger partial charge in [0, 0.05) is 29.3 Å². The van der Waals surface area contributed by atoms with E-state index in [4.69, 9.17) is 21.6 Å². The molecule has 3 nitrogen and oxygen atoms in total. The molecule has 0 aliphatic heterocycles. The third-order valence-electron chi connectivity index (χ3n) is 4.12. The van der Waals surface area contributed by atoms with Gasteiger partial charge in [0.15, 0.2) is 5.65 Å². The molecule has 20 heavy (non-hydrogen) atoms. The highest BCUT2D eigenvalue weighted by Crippen LogP contribution is 2.38. The second-order valence-corrected chi connectivity index (χ2v) is 6.97. The quantitative estimate of drug-likeness (QED) is 0.800. The molecule has 0 bridgehead atoms. The van der Waals surface area contributed by atoms with Crippen molar-refractivity contribution in [2.75, 3.05) is 12.1 Å². The normalized spacial score (nSPS) is 22.8. The molecule has 5 heteroatoms. The Bertz CT molecular complexity index is 610. The van der Waals surface area contributed by atoms with Crippen LogP contribution < -0.4 is 0 Å². The lowest BCUT2D eigenvalue weighted by Crippen LogP contribution is -2.11. The van der Waals surface area contributed by atoms with Crippen molar-refractivity contribution in [2.45, 2.75) is 43.9 Å². The summed E-state index contributed by atoms with van der Waals surface area (Å²) < 4.78 is 2.36. The standard InChI is InChI=1S/C15H20ClN3S/c1-10-3-6-13-15(17-10)19(14(18-13)7-8-16)11-4-5-12(9-11)20-2/h3,6,11-12H,4-5,7-9H2,1-2H3. The molecule has 0 aromatic carbocycles. The average molecular weight is 310 g/mol. The smallest absolute Gasteiger partial charge is 0.160 e. The topological polar surface area (TPSA) is 30.7 Å². The van der Waals surface area contributed by atoms with Gasteiger partial charge in [0.1, 0.15) is 11.3 Å². The predicted molar refractivity (Wildman–Crippen MR) is 86.9 cm³/mol. The monoisotopic (exact) mass is 309 g/mol. The number of aromatic nitrogens is 3. The third-order valence-corrected chi connectivity index (χ3v) is 5.41. The molecule has 2 aromatic rings. The molecular weight excluding hydrogens is 290 g/mol. The fourth-order valence-electron chi connectivity index (χ4n) is 3.13. The van der Waals surface area contributed by atoms with E-state index in [1.165, 1.54) is 19.3 Å². The Balaban J connectivity index is 2.06.